The Morgan fingerprint density at radius 3 is 2.30 bits per heavy atom. The molecule has 1 aliphatic heterocycles. The van der Waals surface area contributed by atoms with Gasteiger partial charge < -0.3 is 19.1 Å². The van der Waals surface area contributed by atoms with Crippen LogP contribution >= 0.6 is 0 Å². The average molecular weight is 280 g/mol. The maximum absolute atomic E-state index is 5.88. The fraction of sp³-hybridized carbons (Fsp3) is 0.625. The molecule has 1 N–H and O–H groups in total. The SMILES string of the molecule is CCOc1ccccc1OCC[NH+]1C[C@@H](C)O[C@@H](C)C1. The van der Waals surface area contributed by atoms with Crippen molar-refractivity contribution in [3.63, 3.8) is 0 Å². The number of rotatable bonds is 6. The van der Waals surface area contributed by atoms with Gasteiger partial charge in [0.25, 0.3) is 0 Å². The van der Waals surface area contributed by atoms with Crippen LogP contribution in [0.25, 0.3) is 0 Å². The van der Waals surface area contributed by atoms with Gasteiger partial charge in [0, 0.05) is 0 Å². The highest BCUT2D eigenvalue weighted by Crippen LogP contribution is 2.25. The fourth-order valence-corrected chi connectivity index (χ4v) is 2.74. The summed E-state index contributed by atoms with van der Waals surface area (Å²) in [6, 6.07) is 7.85. The minimum atomic E-state index is 0.337. The monoisotopic (exact) mass is 280 g/mol. The summed E-state index contributed by atoms with van der Waals surface area (Å²) in [6.45, 7) is 10.7. The second kappa shape index (κ2) is 7.50. The van der Waals surface area contributed by atoms with Crippen molar-refractivity contribution in [3.8, 4) is 11.5 Å². The maximum atomic E-state index is 5.88. The Morgan fingerprint density at radius 2 is 1.70 bits per heavy atom. The van der Waals surface area contributed by atoms with Crippen LogP contribution in [0, 0.1) is 0 Å². The van der Waals surface area contributed by atoms with Gasteiger partial charge in [-0.25, -0.2) is 0 Å². The van der Waals surface area contributed by atoms with Gasteiger partial charge in [-0.15, -0.1) is 0 Å². The molecule has 0 aromatic heterocycles. The molecule has 1 unspecified atom stereocenters. The third-order valence-electron chi connectivity index (χ3n) is 3.48. The summed E-state index contributed by atoms with van der Waals surface area (Å²) in [7, 11) is 0. The van der Waals surface area contributed by atoms with E-state index < -0.39 is 0 Å². The van der Waals surface area contributed by atoms with Gasteiger partial charge in [0.05, 0.1) is 6.61 Å². The van der Waals surface area contributed by atoms with E-state index >= 15 is 0 Å². The normalized spacial score (nSPS) is 26.2. The van der Waals surface area contributed by atoms with Crippen molar-refractivity contribution in [1.29, 1.82) is 0 Å². The molecule has 0 aliphatic carbocycles. The number of hydrogen-bond donors (Lipinski definition) is 1. The Morgan fingerprint density at radius 1 is 1.10 bits per heavy atom. The van der Waals surface area contributed by atoms with E-state index in [-0.39, 0.29) is 0 Å². The molecule has 1 aliphatic rings. The molecule has 0 saturated carbocycles. The van der Waals surface area contributed by atoms with E-state index in [0.717, 1.165) is 31.1 Å². The number of benzene rings is 1. The standard InChI is InChI=1S/C16H25NO3/c1-4-18-15-7-5-6-8-16(15)19-10-9-17-11-13(2)20-14(3)12-17/h5-8,13-14H,4,9-12H2,1-3H3/p+1/t13-,14+. The fourth-order valence-electron chi connectivity index (χ4n) is 2.74. The van der Waals surface area contributed by atoms with Crippen LogP contribution in [0.4, 0.5) is 0 Å². The third kappa shape index (κ3) is 4.39. The van der Waals surface area contributed by atoms with Gasteiger partial charge in [-0.2, -0.15) is 0 Å². The Balaban J connectivity index is 1.81. The average Bonchev–Trinajstić information content (AvgIpc) is 2.40. The molecule has 4 heteroatoms. The third-order valence-corrected chi connectivity index (χ3v) is 3.48. The molecule has 0 amide bonds. The first-order valence-corrected chi connectivity index (χ1v) is 7.52. The predicted molar refractivity (Wildman–Crippen MR) is 78.7 cm³/mol. The molecule has 4 nitrogen and oxygen atoms in total. The Hall–Kier alpha value is -1.26. The molecule has 2 rings (SSSR count). The number of ether oxygens (including phenoxy) is 3. The number of quaternary nitrogens is 1. The molecule has 1 fully saturated rings. The molecule has 112 valence electrons. The zero-order valence-electron chi connectivity index (χ0n) is 12.7. The highest BCUT2D eigenvalue weighted by molar-refractivity contribution is 5.39. The van der Waals surface area contributed by atoms with Crippen molar-refractivity contribution in [2.24, 2.45) is 0 Å². The zero-order valence-corrected chi connectivity index (χ0v) is 12.7. The van der Waals surface area contributed by atoms with Crippen molar-refractivity contribution in [1.82, 2.24) is 0 Å². The summed E-state index contributed by atoms with van der Waals surface area (Å²) < 4.78 is 17.2. The van der Waals surface area contributed by atoms with E-state index in [1.54, 1.807) is 4.90 Å². The second-order valence-electron chi connectivity index (χ2n) is 5.39. The lowest BCUT2D eigenvalue weighted by Gasteiger charge is -2.32. The molecule has 1 saturated heterocycles. The smallest absolute Gasteiger partial charge is 0.161 e. The first kappa shape index (κ1) is 15.1. The van der Waals surface area contributed by atoms with Gasteiger partial charge in [-0.3, -0.25) is 0 Å². The van der Waals surface area contributed by atoms with Crippen LogP contribution in [-0.2, 0) is 4.74 Å². The largest absolute Gasteiger partial charge is 0.490 e. The summed E-state index contributed by atoms with van der Waals surface area (Å²) in [5, 5.41) is 0. The molecule has 1 heterocycles. The van der Waals surface area contributed by atoms with Gasteiger partial charge in [0.1, 0.15) is 38.4 Å². The summed E-state index contributed by atoms with van der Waals surface area (Å²) in [6.07, 6.45) is 0.675. The Bertz CT molecular complexity index is 400. The van der Waals surface area contributed by atoms with Crippen LogP contribution in [0.1, 0.15) is 20.8 Å². The van der Waals surface area contributed by atoms with Crippen LogP contribution in [0.5, 0.6) is 11.5 Å². The lowest BCUT2D eigenvalue weighted by molar-refractivity contribution is -0.915. The van der Waals surface area contributed by atoms with E-state index in [0.29, 0.717) is 25.4 Å². The van der Waals surface area contributed by atoms with Gasteiger partial charge in [-0.05, 0) is 32.9 Å². The molecule has 0 radical (unpaired) electrons. The van der Waals surface area contributed by atoms with E-state index in [1.165, 1.54) is 0 Å². The zero-order chi connectivity index (χ0) is 14.4. The number of hydrogen-bond acceptors (Lipinski definition) is 3. The van der Waals surface area contributed by atoms with Crippen LogP contribution in [0.3, 0.4) is 0 Å². The Labute approximate surface area is 121 Å². The van der Waals surface area contributed by atoms with Crippen molar-refractivity contribution < 1.29 is 19.1 Å². The van der Waals surface area contributed by atoms with Crippen molar-refractivity contribution in [3.05, 3.63) is 24.3 Å². The predicted octanol–water partition coefficient (Wildman–Crippen LogP) is 1.16. The minimum absolute atomic E-state index is 0.337. The van der Waals surface area contributed by atoms with Gasteiger partial charge in [-0.1, -0.05) is 12.1 Å². The molecule has 3 atom stereocenters. The Kier molecular flexibility index (Phi) is 5.68. The summed E-state index contributed by atoms with van der Waals surface area (Å²) in [5.41, 5.74) is 0. The molecule has 0 bridgehead atoms. The number of morpholine rings is 1. The van der Waals surface area contributed by atoms with Crippen molar-refractivity contribution in [2.75, 3.05) is 32.8 Å². The van der Waals surface area contributed by atoms with Crippen LogP contribution in [-0.4, -0.2) is 45.1 Å². The summed E-state index contributed by atoms with van der Waals surface area (Å²) >= 11 is 0. The number of para-hydroxylation sites is 2. The van der Waals surface area contributed by atoms with Gasteiger partial charge in [0.15, 0.2) is 11.5 Å². The van der Waals surface area contributed by atoms with Crippen LogP contribution in [0.15, 0.2) is 24.3 Å². The van der Waals surface area contributed by atoms with Crippen LogP contribution < -0.4 is 14.4 Å². The first-order chi connectivity index (χ1) is 9.69. The second-order valence-corrected chi connectivity index (χ2v) is 5.39. The van der Waals surface area contributed by atoms with E-state index in [9.17, 15) is 0 Å². The molecular formula is C16H26NO3+. The van der Waals surface area contributed by atoms with Crippen molar-refractivity contribution in [2.45, 2.75) is 33.0 Å². The van der Waals surface area contributed by atoms with Gasteiger partial charge >= 0.3 is 0 Å². The van der Waals surface area contributed by atoms with Crippen molar-refractivity contribution >= 4 is 0 Å². The molecular weight excluding hydrogens is 254 g/mol. The lowest BCUT2D eigenvalue weighted by Crippen LogP contribution is -3.16. The summed E-state index contributed by atoms with van der Waals surface area (Å²) in [4.78, 5) is 1.55. The van der Waals surface area contributed by atoms with Crippen LogP contribution in [0.2, 0.25) is 0 Å². The molecule has 0 spiro atoms. The lowest BCUT2D eigenvalue weighted by atomic mass is 10.2. The number of nitrogens with one attached hydrogen (secondary N) is 1. The van der Waals surface area contributed by atoms with E-state index in [2.05, 4.69) is 13.8 Å². The molecule has 20 heavy (non-hydrogen) atoms. The maximum Gasteiger partial charge on any atom is 0.161 e. The molecule has 1 aromatic carbocycles. The van der Waals surface area contributed by atoms with Gasteiger partial charge in [0.2, 0.25) is 0 Å². The minimum Gasteiger partial charge on any atom is -0.490 e. The summed E-state index contributed by atoms with van der Waals surface area (Å²) in [5.74, 6) is 1.66. The van der Waals surface area contributed by atoms with E-state index in [1.807, 2.05) is 31.2 Å². The first-order valence-electron chi connectivity index (χ1n) is 7.52. The highest BCUT2D eigenvalue weighted by atomic mass is 16.5. The van der Waals surface area contributed by atoms with E-state index in [4.69, 9.17) is 14.2 Å². The molecule has 1 aromatic rings. The quantitative estimate of drug-likeness (QED) is 0.848. The topological polar surface area (TPSA) is 32.1 Å². The highest BCUT2D eigenvalue weighted by Gasteiger charge is 2.25.